The molecule has 0 atom stereocenters. The number of carbonyl (C=O) groups is 1. The van der Waals surface area contributed by atoms with Gasteiger partial charge in [0.15, 0.2) is 0 Å². The molecule has 0 aliphatic carbocycles. The smallest absolute Gasteiger partial charge is 0.406 e. The van der Waals surface area contributed by atoms with Crippen LogP contribution in [0.5, 0.6) is 5.75 Å². The number of imidazole rings is 1. The molecule has 0 N–H and O–H groups in total. The van der Waals surface area contributed by atoms with Crippen LogP contribution in [0.2, 0.25) is 5.02 Å². The highest BCUT2D eigenvalue weighted by molar-refractivity contribution is 6.30. The quantitative estimate of drug-likeness (QED) is 0.547. The number of alkyl halides is 3. The van der Waals surface area contributed by atoms with Gasteiger partial charge in [0.2, 0.25) is 5.91 Å². The molecule has 170 valence electrons. The molecule has 1 aliphatic heterocycles. The van der Waals surface area contributed by atoms with Gasteiger partial charge in [-0.05, 0) is 30.2 Å². The molecule has 1 saturated heterocycles. The summed E-state index contributed by atoms with van der Waals surface area (Å²) in [5.41, 5.74) is 2.12. The fraction of sp³-hybridized carbons (Fsp3) is 0.364. The minimum absolute atomic E-state index is 0.0752. The van der Waals surface area contributed by atoms with E-state index >= 15 is 0 Å². The molecule has 1 aliphatic rings. The van der Waals surface area contributed by atoms with E-state index in [2.05, 4.69) is 14.6 Å². The molecule has 0 spiro atoms. The third-order valence-electron chi connectivity index (χ3n) is 5.38. The summed E-state index contributed by atoms with van der Waals surface area (Å²) < 4.78 is 43.7. The van der Waals surface area contributed by atoms with E-state index < -0.39 is 6.36 Å². The van der Waals surface area contributed by atoms with Gasteiger partial charge in [-0.15, -0.1) is 13.2 Å². The van der Waals surface area contributed by atoms with Crippen LogP contribution in [-0.4, -0.2) is 57.6 Å². The van der Waals surface area contributed by atoms with Gasteiger partial charge >= 0.3 is 6.36 Å². The number of benzene rings is 1. The predicted octanol–water partition coefficient (Wildman–Crippen LogP) is 4.16. The van der Waals surface area contributed by atoms with Gasteiger partial charge in [0.25, 0.3) is 0 Å². The Morgan fingerprint density at radius 2 is 1.81 bits per heavy atom. The van der Waals surface area contributed by atoms with Gasteiger partial charge in [0, 0.05) is 51.5 Å². The molecule has 1 amide bonds. The first-order chi connectivity index (χ1) is 15.3. The number of hydrogen-bond acceptors (Lipinski definition) is 4. The summed E-state index contributed by atoms with van der Waals surface area (Å²) in [6, 6.07) is 9.58. The summed E-state index contributed by atoms with van der Waals surface area (Å²) in [6.45, 7) is 3.21. The second kappa shape index (κ2) is 9.38. The molecule has 0 bridgehead atoms. The zero-order valence-electron chi connectivity index (χ0n) is 17.2. The third kappa shape index (κ3) is 5.72. The number of amides is 1. The van der Waals surface area contributed by atoms with Crippen molar-refractivity contribution >= 4 is 23.2 Å². The molecule has 3 aromatic rings. The van der Waals surface area contributed by atoms with E-state index in [1.807, 2.05) is 22.9 Å². The summed E-state index contributed by atoms with van der Waals surface area (Å²) in [5.74, 6) is -0.333. The summed E-state index contributed by atoms with van der Waals surface area (Å²) >= 11 is 6.01. The maximum atomic E-state index is 12.6. The Kier molecular flexibility index (Phi) is 6.57. The molecule has 4 rings (SSSR count). The molecular formula is C22H22ClF3N4O2. The van der Waals surface area contributed by atoms with Crippen LogP contribution in [0, 0.1) is 0 Å². The molecule has 0 radical (unpaired) electrons. The van der Waals surface area contributed by atoms with Crippen LogP contribution in [0.1, 0.15) is 17.7 Å². The van der Waals surface area contributed by atoms with Gasteiger partial charge in [-0.1, -0.05) is 29.8 Å². The Morgan fingerprint density at radius 1 is 1.06 bits per heavy atom. The van der Waals surface area contributed by atoms with Crippen molar-refractivity contribution in [2.24, 2.45) is 0 Å². The second-order valence-corrected chi connectivity index (χ2v) is 8.09. The van der Waals surface area contributed by atoms with E-state index in [1.165, 1.54) is 12.1 Å². The number of para-hydroxylation sites is 1. The minimum Gasteiger partial charge on any atom is -0.406 e. The summed E-state index contributed by atoms with van der Waals surface area (Å²) in [4.78, 5) is 21.2. The van der Waals surface area contributed by atoms with Gasteiger partial charge in [-0.3, -0.25) is 9.69 Å². The lowest BCUT2D eigenvalue weighted by molar-refractivity contribution is -0.274. The van der Waals surface area contributed by atoms with E-state index in [0.717, 1.165) is 11.3 Å². The van der Waals surface area contributed by atoms with Crippen molar-refractivity contribution in [2.75, 3.05) is 26.2 Å². The molecule has 2 aromatic heterocycles. The van der Waals surface area contributed by atoms with E-state index in [4.69, 9.17) is 11.6 Å². The Labute approximate surface area is 188 Å². The number of carbonyl (C=O) groups excluding carboxylic acids is 1. The van der Waals surface area contributed by atoms with E-state index in [-0.39, 0.29) is 24.5 Å². The highest BCUT2D eigenvalue weighted by atomic mass is 35.5. The van der Waals surface area contributed by atoms with Crippen molar-refractivity contribution in [2.45, 2.75) is 25.7 Å². The molecule has 32 heavy (non-hydrogen) atoms. The van der Waals surface area contributed by atoms with E-state index in [9.17, 15) is 18.0 Å². The maximum Gasteiger partial charge on any atom is 0.573 e. The maximum absolute atomic E-state index is 12.6. The fourth-order valence-corrected chi connectivity index (χ4v) is 3.98. The Balaban J connectivity index is 1.27. The molecule has 1 aromatic carbocycles. The van der Waals surface area contributed by atoms with Crippen molar-refractivity contribution in [1.82, 2.24) is 19.2 Å². The number of hydrogen-bond donors (Lipinski definition) is 0. The summed E-state index contributed by atoms with van der Waals surface area (Å²) in [6.07, 6.45) is -0.689. The van der Waals surface area contributed by atoms with E-state index in [1.54, 1.807) is 23.1 Å². The van der Waals surface area contributed by atoms with Crippen molar-refractivity contribution in [3.8, 4) is 5.75 Å². The number of aryl methyl sites for hydroxylation is 1. The minimum atomic E-state index is -4.76. The first kappa shape index (κ1) is 22.4. The van der Waals surface area contributed by atoms with Gasteiger partial charge in [-0.2, -0.15) is 0 Å². The van der Waals surface area contributed by atoms with Crippen LogP contribution in [0.15, 0.2) is 48.8 Å². The van der Waals surface area contributed by atoms with E-state index in [0.29, 0.717) is 43.3 Å². The first-order valence-electron chi connectivity index (χ1n) is 10.2. The normalized spacial score (nSPS) is 15.3. The standard InChI is InChI=1S/C22H22ClF3N4O2/c23-17-6-7-20-27-18(15-30(20)13-17)14-28-9-11-29(12-10-28)21(31)8-5-16-3-1-2-4-19(16)32-22(24,25)26/h1-4,6-7,13,15H,5,8-12,14H2. The average molecular weight is 467 g/mol. The van der Waals surface area contributed by atoms with Crippen LogP contribution in [0.3, 0.4) is 0 Å². The highest BCUT2D eigenvalue weighted by Gasteiger charge is 2.32. The zero-order valence-corrected chi connectivity index (χ0v) is 17.9. The summed E-state index contributed by atoms with van der Waals surface area (Å²) in [7, 11) is 0. The first-order valence-corrected chi connectivity index (χ1v) is 10.6. The predicted molar refractivity (Wildman–Crippen MR) is 114 cm³/mol. The second-order valence-electron chi connectivity index (χ2n) is 7.66. The number of pyridine rings is 1. The monoisotopic (exact) mass is 466 g/mol. The van der Waals surface area contributed by atoms with Crippen LogP contribution in [0.25, 0.3) is 5.65 Å². The number of fused-ring (bicyclic) bond motifs is 1. The van der Waals surface area contributed by atoms with Crippen LogP contribution >= 0.6 is 11.6 Å². The zero-order chi connectivity index (χ0) is 22.7. The molecule has 6 nitrogen and oxygen atoms in total. The van der Waals surface area contributed by atoms with Crippen molar-refractivity contribution in [3.05, 3.63) is 65.1 Å². The number of piperazine rings is 1. The number of rotatable bonds is 6. The third-order valence-corrected chi connectivity index (χ3v) is 5.61. The Bertz CT molecular complexity index is 1090. The molecule has 1 fully saturated rings. The molecule has 0 saturated carbocycles. The van der Waals surface area contributed by atoms with Crippen LogP contribution in [-0.2, 0) is 17.8 Å². The largest absolute Gasteiger partial charge is 0.573 e. The Hall–Kier alpha value is -2.78. The Morgan fingerprint density at radius 3 is 2.56 bits per heavy atom. The van der Waals surface area contributed by atoms with Crippen LogP contribution < -0.4 is 4.74 Å². The lowest BCUT2D eigenvalue weighted by Gasteiger charge is -2.34. The van der Waals surface area contributed by atoms with Crippen molar-refractivity contribution in [1.29, 1.82) is 0 Å². The van der Waals surface area contributed by atoms with Crippen molar-refractivity contribution < 1.29 is 22.7 Å². The van der Waals surface area contributed by atoms with Crippen LogP contribution in [0.4, 0.5) is 13.2 Å². The van der Waals surface area contributed by atoms with Gasteiger partial charge in [0.05, 0.1) is 10.7 Å². The van der Waals surface area contributed by atoms with Gasteiger partial charge < -0.3 is 14.0 Å². The molecular weight excluding hydrogens is 445 g/mol. The SMILES string of the molecule is O=C(CCc1ccccc1OC(F)(F)F)N1CCN(Cc2cn3cc(Cl)ccc3n2)CC1. The molecule has 10 heteroatoms. The topological polar surface area (TPSA) is 50.1 Å². The molecule has 3 heterocycles. The average Bonchev–Trinajstić information content (AvgIpc) is 3.13. The lowest BCUT2D eigenvalue weighted by Crippen LogP contribution is -2.48. The van der Waals surface area contributed by atoms with Gasteiger partial charge in [0.1, 0.15) is 11.4 Å². The number of halogens is 4. The highest BCUT2D eigenvalue weighted by Crippen LogP contribution is 2.27. The lowest BCUT2D eigenvalue weighted by atomic mass is 10.1. The summed E-state index contributed by atoms with van der Waals surface area (Å²) in [5, 5.41) is 0.640. The fourth-order valence-electron chi connectivity index (χ4n) is 3.81. The number of nitrogens with zero attached hydrogens (tertiary/aromatic N) is 4. The van der Waals surface area contributed by atoms with Crippen molar-refractivity contribution in [3.63, 3.8) is 0 Å². The van der Waals surface area contributed by atoms with Gasteiger partial charge in [-0.25, -0.2) is 4.98 Å². The molecule has 0 unspecified atom stereocenters. The number of aromatic nitrogens is 2. The number of ether oxygens (including phenoxy) is 1.